The summed E-state index contributed by atoms with van der Waals surface area (Å²) in [5.74, 6) is 0.356. The second-order valence-electron chi connectivity index (χ2n) is 4.57. The van der Waals surface area contributed by atoms with Crippen LogP contribution in [0.1, 0.15) is 33.1 Å². The summed E-state index contributed by atoms with van der Waals surface area (Å²) in [6.45, 7) is 3.44. The Bertz CT molecular complexity index is 168. The van der Waals surface area contributed by atoms with E-state index in [4.69, 9.17) is 5.11 Å². The quantitative estimate of drug-likeness (QED) is 0.592. The van der Waals surface area contributed by atoms with Crippen LogP contribution in [-0.2, 0) is 0 Å². The lowest BCUT2D eigenvalue weighted by Gasteiger charge is -2.38. The number of aliphatic hydroxyl groups excluding tert-OH is 2. The zero-order chi connectivity index (χ0) is 10.1. The molecule has 78 valence electrons. The summed E-state index contributed by atoms with van der Waals surface area (Å²) in [5, 5.41) is 28.4. The lowest BCUT2D eigenvalue weighted by atomic mass is 9.73. The molecule has 0 aromatic carbocycles. The van der Waals surface area contributed by atoms with Crippen LogP contribution in [0.2, 0.25) is 0 Å². The maximum Gasteiger partial charge on any atom is 0.0878 e. The first-order chi connectivity index (χ1) is 5.97. The van der Waals surface area contributed by atoms with Crippen molar-refractivity contribution in [2.24, 2.45) is 11.8 Å². The van der Waals surface area contributed by atoms with E-state index in [9.17, 15) is 10.2 Å². The van der Waals surface area contributed by atoms with Crippen LogP contribution in [0.25, 0.3) is 0 Å². The van der Waals surface area contributed by atoms with Crippen molar-refractivity contribution in [3.05, 3.63) is 0 Å². The van der Waals surface area contributed by atoms with Crippen molar-refractivity contribution in [2.45, 2.75) is 44.8 Å². The van der Waals surface area contributed by atoms with Gasteiger partial charge in [0, 0.05) is 0 Å². The predicted octanol–water partition coefficient (Wildman–Crippen LogP) is 0.527. The Balaban J connectivity index is 2.55. The molecule has 4 atom stereocenters. The van der Waals surface area contributed by atoms with E-state index < -0.39 is 5.60 Å². The first-order valence-electron chi connectivity index (χ1n) is 4.98. The summed E-state index contributed by atoms with van der Waals surface area (Å²) in [6.07, 6.45) is 2.11. The van der Waals surface area contributed by atoms with Crippen LogP contribution in [0.15, 0.2) is 0 Å². The zero-order valence-electron chi connectivity index (χ0n) is 8.40. The minimum absolute atomic E-state index is 0.0312. The van der Waals surface area contributed by atoms with Gasteiger partial charge >= 0.3 is 0 Å². The highest BCUT2D eigenvalue weighted by atomic mass is 16.3. The molecule has 1 rings (SSSR count). The third kappa shape index (κ3) is 2.42. The molecular formula is C10H20O3. The van der Waals surface area contributed by atoms with Gasteiger partial charge in [-0.2, -0.15) is 0 Å². The third-order valence-electron chi connectivity index (χ3n) is 3.35. The SMILES string of the molecule is C[C@H]1CC[C@H]([C@](C)(O)CO)CC1O. The van der Waals surface area contributed by atoms with Gasteiger partial charge in [0.15, 0.2) is 0 Å². The zero-order valence-corrected chi connectivity index (χ0v) is 8.40. The second-order valence-corrected chi connectivity index (χ2v) is 4.57. The van der Waals surface area contributed by atoms with E-state index in [-0.39, 0.29) is 18.6 Å². The molecule has 0 spiro atoms. The van der Waals surface area contributed by atoms with Crippen molar-refractivity contribution in [1.82, 2.24) is 0 Å². The first kappa shape index (κ1) is 11.0. The summed E-state index contributed by atoms with van der Waals surface area (Å²) in [5.41, 5.74) is -1.03. The molecule has 13 heavy (non-hydrogen) atoms. The van der Waals surface area contributed by atoms with E-state index in [0.717, 1.165) is 12.8 Å². The average Bonchev–Trinajstić information content (AvgIpc) is 2.09. The molecule has 0 aromatic rings. The molecule has 0 bridgehead atoms. The van der Waals surface area contributed by atoms with Crippen molar-refractivity contribution in [1.29, 1.82) is 0 Å². The van der Waals surface area contributed by atoms with E-state index in [1.807, 2.05) is 6.92 Å². The Morgan fingerprint density at radius 2 is 2.00 bits per heavy atom. The highest BCUT2D eigenvalue weighted by Gasteiger charge is 2.37. The molecule has 1 fully saturated rings. The molecule has 0 aromatic heterocycles. The van der Waals surface area contributed by atoms with Crippen LogP contribution in [0.5, 0.6) is 0 Å². The van der Waals surface area contributed by atoms with Gasteiger partial charge in [-0.3, -0.25) is 0 Å². The molecule has 0 aliphatic heterocycles. The van der Waals surface area contributed by atoms with Gasteiger partial charge in [-0.15, -0.1) is 0 Å². The van der Waals surface area contributed by atoms with Crippen LogP contribution in [0.3, 0.4) is 0 Å². The lowest BCUT2D eigenvalue weighted by Crippen LogP contribution is -2.43. The Hall–Kier alpha value is -0.120. The van der Waals surface area contributed by atoms with Gasteiger partial charge < -0.3 is 15.3 Å². The Morgan fingerprint density at radius 3 is 2.46 bits per heavy atom. The summed E-state index contributed by atoms with van der Waals surface area (Å²) < 4.78 is 0. The molecule has 0 amide bonds. The number of hydrogen-bond acceptors (Lipinski definition) is 3. The molecule has 0 saturated heterocycles. The average molecular weight is 188 g/mol. The fourth-order valence-electron chi connectivity index (χ4n) is 1.99. The molecule has 1 saturated carbocycles. The first-order valence-corrected chi connectivity index (χ1v) is 4.98. The van der Waals surface area contributed by atoms with Gasteiger partial charge in [-0.05, 0) is 38.0 Å². The Labute approximate surface area is 79.4 Å². The minimum atomic E-state index is -1.03. The summed E-state index contributed by atoms with van der Waals surface area (Å²) >= 11 is 0. The molecule has 0 radical (unpaired) electrons. The summed E-state index contributed by atoms with van der Waals surface area (Å²) in [4.78, 5) is 0. The summed E-state index contributed by atoms with van der Waals surface area (Å²) in [6, 6.07) is 0. The normalized spacial score (nSPS) is 39.9. The molecule has 3 heteroatoms. The fraction of sp³-hybridized carbons (Fsp3) is 1.00. The number of hydrogen-bond donors (Lipinski definition) is 3. The van der Waals surface area contributed by atoms with E-state index in [2.05, 4.69) is 0 Å². The molecule has 1 aliphatic rings. The highest BCUT2D eigenvalue weighted by molar-refractivity contribution is 4.88. The van der Waals surface area contributed by atoms with Crippen molar-refractivity contribution < 1.29 is 15.3 Å². The monoisotopic (exact) mass is 188 g/mol. The second kappa shape index (κ2) is 3.95. The number of rotatable bonds is 2. The smallest absolute Gasteiger partial charge is 0.0878 e. The van der Waals surface area contributed by atoms with Gasteiger partial charge in [0.2, 0.25) is 0 Å². The Morgan fingerprint density at radius 1 is 1.38 bits per heavy atom. The van der Waals surface area contributed by atoms with E-state index in [0.29, 0.717) is 12.3 Å². The van der Waals surface area contributed by atoms with Crippen molar-refractivity contribution in [3.63, 3.8) is 0 Å². The van der Waals surface area contributed by atoms with Crippen LogP contribution >= 0.6 is 0 Å². The standard InChI is InChI=1S/C10H20O3/c1-7-3-4-8(5-9(7)12)10(2,13)6-11/h7-9,11-13H,3-6H2,1-2H3/t7-,8-,9?,10+/m0/s1. The van der Waals surface area contributed by atoms with Gasteiger partial charge in [-0.1, -0.05) is 6.92 Å². The number of aliphatic hydroxyl groups is 3. The van der Waals surface area contributed by atoms with Gasteiger partial charge in [0.05, 0.1) is 18.3 Å². The van der Waals surface area contributed by atoms with E-state index in [1.165, 1.54) is 0 Å². The lowest BCUT2D eigenvalue weighted by molar-refractivity contribution is -0.0836. The van der Waals surface area contributed by atoms with E-state index >= 15 is 0 Å². The van der Waals surface area contributed by atoms with Gasteiger partial charge in [0.25, 0.3) is 0 Å². The van der Waals surface area contributed by atoms with Crippen molar-refractivity contribution in [2.75, 3.05) is 6.61 Å². The van der Waals surface area contributed by atoms with Crippen molar-refractivity contribution >= 4 is 0 Å². The maximum atomic E-state index is 9.79. The summed E-state index contributed by atoms with van der Waals surface area (Å²) in [7, 11) is 0. The highest BCUT2D eigenvalue weighted by Crippen LogP contribution is 2.35. The predicted molar refractivity (Wildman–Crippen MR) is 50.2 cm³/mol. The largest absolute Gasteiger partial charge is 0.393 e. The molecular weight excluding hydrogens is 168 g/mol. The molecule has 0 heterocycles. The van der Waals surface area contributed by atoms with E-state index in [1.54, 1.807) is 6.92 Å². The minimum Gasteiger partial charge on any atom is -0.393 e. The van der Waals surface area contributed by atoms with Crippen molar-refractivity contribution in [3.8, 4) is 0 Å². The van der Waals surface area contributed by atoms with Crippen LogP contribution < -0.4 is 0 Å². The third-order valence-corrected chi connectivity index (χ3v) is 3.35. The fourth-order valence-corrected chi connectivity index (χ4v) is 1.99. The van der Waals surface area contributed by atoms with Gasteiger partial charge in [-0.25, -0.2) is 0 Å². The maximum absolute atomic E-state index is 9.79. The van der Waals surface area contributed by atoms with Crippen LogP contribution in [0.4, 0.5) is 0 Å². The van der Waals surface area contributed by atoms with Crippen LogP contribution in [-0.4, -0.2) is 33.6 Å². The van der Waals surface area contributed by atoms with Gasteiger partial charge in [0.1, 0.15) is 0 Å². The Kier molecular flexibility index (Phi) is 3.33. The topological polar surface area (TPSA) is 60.7 Å². The molecule has 3 N–H and O–H groups in total. The molecule has 3 nitrogen and oxygen atoms in total. The van der Waals surface area contributed by atoms with Crippen LogP contribution in [0, 0.1) is 11.8 Å². The molecule has 1 aliphatic carbocycles. The molecule has 1 unspecified atom stereocenters.